The molecule has 0 aliphatic carbocycles. The minimum Gasteiger partial charge on any atom is -0.507 e. The van der Waals surface area contributed by atoms with Crippen molar-refractivity contribution in [1.29, 1.82) is 0 Å². The van der Waals surface area contributed by atoms with Crippen molar-refractivity contribution in [2.24, 2.45) is 23.5 Å². The first-order valence-corrected chi connectivity index (χ1v) is 19.9. The summed E-state index contributed by atoms with van der Waals surface area (Å²) in [7, 11) is 1.48. The number of Topliss-reactive ketones (excluding diaryl/α,β-unsaturated/α-hetero) is 3. The van der Waals surface area contributed by atoms with Gasteiger partial charge in [-0.05, 0) is 84.5 Å². The summed E-state index contributed by atoms with van der Waals surface area (Å²) < 4.78 is 0. The number of phenols is 2. The molecule has 0 saturated carbocycles. The number of ketones is 3. The van der Waals surface area contributed by atoms with E-state index in [0.717, 1.165) is 11.1 Å². The molecule has 5 rings (SSSR count). The van der Waals surface area contributed by atoms with Crippen LogP contribution in [0.4, 0.5) is 0 Å². The van der Waals surface area contributed by atoms with Crippen molar-refractivity contribution in [1.82, 2.24) is 10.2 Å². The summed E-state index contributed by atoms with van der Waals surface area (Å²) in [5.41, 5.74) is 9.30. The van der Waals surface area contributed by atoms with Gasteiger partial charge in [0, 0.05) is 65.8 Å². The second kappa shape index (κ2) is 19.7. The van der Waals surface area contributed by atoms with Crippen molar-refractivity contribution < 1.29 is 39.0 Å². The highest BCUT2D eigenvalue weighted by Crippen LogP contribution is 2.40. The third-order valence-corrected chi connectivity index (χ3v) is 11.0. The Morgan fingerprint density at radius 2 is 1.50 bits per heavy atom. The van der Waals surface area contributed by atoms with Crippen molar-refractivity contribution >= 4 is 47.1 Å². The van der Waals surface area contributed by atoms with E-state index in [2.05, 4.69) is 5.32 Å². The standard InChI is InChI=1S/C46H50ClN3O8/c1-27(26-51)20-42(55)38-23-29-7-17-39(52)36(22-29)37-24-33(14-18-40(37)53)44(43(56)21-28(2)45(57)49-38)50(3)46(58)34(6-4-5-19-48)25-41(54)32-10-8-30(9-11-32)31-12-15-35(47)16-13-31/h7-18,22,24,26-28,34,38,44,52-53H,4-6,19-21,23,25,48H2,1-3H3,(H,49,57)/t27-,28-,34-,38+,44+/m1/s1. The zero-order valence-corrected chi connectivity index (χ0v) is 33.7. The molecule has 0 spiro atoms. The van der Waals surface area contributed by atoms with Crippen molar-refractivity contribution in [3.8, 4) is 33.8 Å². The maximum atomic E-state index is 14.6. The fraction of sp³-hybridized carbons (Fsp3) is 0.348. The highest BCUT2D eigenvalue weighted by molar-refractivity contribution is 6.30. The number of aromatic hydroxyl groups is 2. The number of aldehydes is 1. The van der Waals surface area contributed by atoms with Gasteiger partial charge in [0.05, 0.1) is 6.04 Å². The zero-order valence-electron chi connectivity index (χ0n) is 33.0. The molecule has 5 atom stereocenters. The number of carbonyl (C=O) groups excluding carboxylic acids is 6. The predicted molar refractivity (Wildman–Crippen MR) is 222 cm³/mol. The van der Waals surface area contributed by atoms with Gasteiger partial charge in [-0.25, -0.2) is 0 Å². The second-order valence-corrected chi connectivity index (χ2v) is 15.7. The Kier molecular flexibility index (Phi) is 14.7. The van der Waals surface area contributed by atoms with E-state index >= 15 is 0 Å². The fourth-order valence-corrected chi connectivity index (χ4v) is 7.52. The highest BCUT2D eigenvalue weighted by Gasteiger charge is 2.36. The normalized spacial score (nSPS) is 18.0. The first kappa shape index (κ1) is 43.5. The van der Waals surface area contributed by atoms with Gasteiger partial charge in [0.2, 0.25) is 11.8 Å². The Balaban J connectivity index is 1.50. The van der Waals surface area contributed by atoms with E-state index in [-0.39, 0.29) is 59.9 Å². The lowest BCUT2D eigenvalue weighted by Gasteiger charge is -2.32. The number of hydrogen-bond donors (Lipinski definition) is 4. The lowest BCUT2D eigenvalue weighted by Crippen LogP contribution is -2.46. The molecule has 2 amide bonds. The molecule has 1 aliphatic heterocycles. The molecule has 4 aromatic rings. The van der Waals surface area contributed by atoms with E-state index < -0.39 is 47.4 Å². The molecule has 0 saturated heterocycles. The van der Waals surface area contributed by atoms with E-state index in [9.17, 15) is 39.0 Å². The van der Waals surface area contributed by atoms with Crippen LogP contribution in [-0.4, -0.2) is 70.2 Å². The molecule has 4 bridgehead atoms. The van der Waals surface area contributed by atoms with Crippen LogP contribution in [-0.2, 0) is 30.4 Å². The lowest BCUT2D eigenvalue weighted by atomic mass is 9.87. The van der Waals surface area contributed by atoms with Gasteiger partial charge in [0.1, 0.15) is 23.8 Å². The number of rotatable bonds is 14. The average Bonchev–Trinajstić information content (AvgIpc) is 3.21. The van der Waals surface area contributed by atoms with Crippen LogP contribution in [0.2, 0.25) is 5.02 Å². The zero-order chi connectivity index (χ0) is 42.1. The van der Waals surface area contributed by atoms with Crippen molar-refractivity contribution in [3.63, 3.8) is 0 Å². The van der Waals surface area contributed by atoms with Gasteiger partial charge < -0.3 is 31.0 Å². The molecule has 12 heteroatoms. The lowest BCUT2D eigenvalue weighted by molar-refractivity contribution is -0.142. The first-order chi connectivity index (χ1) is 27.7. The van der Waals surface area contributed by atoms with Gasteiger partial charge in [0.25, 0.3) is 0 Å². The Morgan fingerprint density at radius 1 is 0.879 bits per heavy atom. The monoisotopic (exact) mass is 807 g/mol. The number of amides is 2. The Hall–Kier alpha value is -5.65. The van der Waals surface area contributed by atoms with Crippen LogP contribution in [0.5, 0.6) is 11.5 Å². The molecule has 5 N–H and O–H groups in total. The summed E-state index contributed by atoms with van der Waals surface area (Å²) in [6, 6.07) is 21.2. The van der Waals surface area contributed by atoms with E-state index in [1.54, 1.807) is 50.2 Å². The van der Waals surface area contributed by atoms with Gasteiger partial charge in [-0.3, -0.25) is 24.0 Å². The molecule has 4 aromatic carbocycles. The van der Waals surface area contributed by atoms with Gasteiger partial charge in [-0.1, -0.05) is 80.4 Å². The summed E-state index contributed by atoms with van der Waals surface area (Å²) >= 11 is 6.05. The highest BCUT2D eigenvalue weighted by atomic mass is 35.5. The quantitative estimate of drug-likeness (QED) is 0.0590. The topological polar surface area (TPSA) is 184 Å². The van der Waals surface area contributed by atoms with E-state index in [4.69, 9.17) is 17.3 Å². The number of nitrogens with two attached hydrogens (primary N) is 1. The van der Waals surface area contributed by atoms with Crippen molar-refractivity contribution in [2.75, 3.05) is 13.6 Å². The number of hydrogen-bond acceptors (Lipinski definition) is 9. The van der Waals surface area contributed by atoms with Crippen LogP contribution in [0.3, 0.4) is 0 Å². The van der Waals surface area contributed by atoms with Gasteiger partial charge in [-0.2, -0.15) is 0 Å². The van der Waals surface area contributed by atoms with Crippen molar-refractivity contribution in [2.45, 2.75) is 70.9 Å². The minimum atomic E-state index is -1.26. The largest absolute Gasteiger partial charge is 0.507 e. The SMILES string of the molecule is C[C@@H]1CC(=O)[C@@H](N(C)C(=O)[C@H](CCCCN)CC(=O)c2ccc(-c3ccc(Cl)cc3)cc2)c2ccc(O)c(c2)-c2cc(ccc2O)C[C@@H](C(=O)C[C@@H](C)C=O)NC1=O. The molecule has 11 nitrogen and oxygen atoms in total. The molecule has 0 aromatic heterocycles. The number of carbonyl (C=O) groups is 6. The Morgan fingerprint density at radius 3 is 2.14 bits per heavy atom. The molecular weight excluding hydrogens is 758 g/mol. The van der Waals surface area contributed by atoms with Crippen LogP contribution in [0.25, 0.3) is 22.3 Å². The van der Waals surface area contributed by atoms with Crippen LogP contribution in [0.1, 0.15) is 79.9 Å². The van der Waals surface area contributed by atoms with Gasteiger partial charge >= 0.3 is 0 Å². The summed E-state index contributed by atoms with van der Waals surface area (Å²) in [6.45, 7) is 3.55. The second-order valence-electron chi connectivity index (χ2n) is 15.3. The molecule has 58 heavy (non-hydrogen) atoms. The summed E-state index contributed by atoms with van der Waals surface area (Å²) in [5.74, 6) is -4.88. The maximum Gasteiger partial charge on any atom is 0.226 e. The van der Waals surface area contributed by atoms with E-state index in [1.807, 2.05) is 24.3 Å². The van der Waals surface area contributed by atoms with Gasteiger partial charge in [-0.15, -0.1) is 0 Å². The number of benzene rings is 4. The Labute approximate surface area is 343 Å². The average molecular weight is 808 g/mol. The predicted octanol–water partition coefficient (Wildman–Crippen LogP) is 7.03. The Bertz CT molecular complexity index is 2150. The number of nitrogens with zero attached hydrogens (tertiary/aromatic N) is 1. The summed E-state index contributed by atoms with van der Waals surface area (Å²) in [6.07, 6.45) is 1.63. The molecule has 0 radical (unpaired) electrons. The smallest absolute Gasteiger partial charge is 0.226 e. The van der Waals surface area contributed by atoms with Crippen LogP contribution < -0.4 is 11.1 Å². The third kappa shape index (κ3) is 10.6. The summed E-state index contributed by atoms with van der Waals surface area (Å²) in [5, 5.41) is 25.5. The van der Waals surface area contributed by atoms with Crippen LogP contribution >= 0.6 is 11.6 Å². The van der Waals surface area contributed by atoms with Crippen molar-refractivity contribution in [3.05, 3.63) is 107 Å². The third-order valence-electron chi connectivity index (χ3n) is 10.8. The number of nitrogens with one attached hydrogen (secondary N) is 1. The van der Waals surface area contributed by atoms with E-state index in [0.29, 0.717) is 53.8 Å². The molecule has 0 fully saturated rings. The molecule has 1 aliphatic rings. The molecule has 304 valence electrons. The van der Waals surface area contributed by atoms with E-state index in [1.165, 1.54) is 36.2 Å². The number of fused-ring (bicyclic) bond motifs is 5. The molecule has 0 unspecified atom stereocenters. The fourth-order valence-electron chi connectivity index (χ4n) is 7.40. The minimum absolute atomic E-state index is 0.0289. The number of halogens is 1. The van der Waals surface area contributed by atoms with Crippen LogP contribution in [0.15, 0.2) is 84.9 Å². The summed E-state index contributed by atoms with van der Waals surface area (Å²) in [4.78, 5) is 82.5. The molecule has 1 heterocycles. The molecular formula is C46H50ClN3O8. The van der Waals surface area contributed by atoms with Gasteiger partial charge in [0.15, 0.2) is 17.3 Å². The number of likely N-dealkylation sites (N-methyl/N-ethyl adjacent to an activating group) is 1. The first-order valence-electron chi connectivity index (χ1n) is 19.5. The number of unbranched alkanes of at least 4 members (excludes halogenated alkanes) is 1. The van der Waals surface area contributed by atoms with Crippen LogP contribution in [0, 0.1) is 17.8 Å². The number of phenolic OH excluding ortho intramolecular Hbond substituents is 2. The maximum absolute atomic E-state index is 14.6.